The van der Waals surface area contributed by atoms with Crippen molar-refractivity contribution in [2.24, 2.45) is 5.73 Å². The molecule has 0 saturated carbocycles. The Bertz CT molecular complexity index is 868. The zero-order valence-electron chi connectivity index (χ0n) is 16.1. The standard InChI is InChI=1S/C21H23BrN4O3/c1-14-4-2-5-15(12-14)20(28)25-10-11-26(19(25)18(27)24-9-8-23)21(29)16-6-3-7-17(22)13-16/h2-7,12-13,19H,8-11,23H2,1H3,(H,24,27). The summed E-state index contributed by atoms with van der Waals surface area (Å²) in [6.45, 7) is 2.97. The van der Waals surface area contributed by atoms with Gasteiger partial charge in [-0.1, -0.05) is 39.7 Å². The maximum Gasteiger partial charge on any atom is 0.263 e. The maximum atomic E-state index is 13.1. The van der Waals surface area contributed by atoms with Crippen LogP contribution in [0.25, 0.3) is 0 Å². The van der Waals surface area contributed by atoms with Crippen LogP contribution in [0.3, 0.4) is 0 Å². The summed E-state index contributed by atoms with van der Waals surface area (Å²) in [7, 11) is 0. The van der Waals surface area contributed by atoms with Gasteiger partial charge in [-0.3, -0.25) is 14.4 Å². The molecule has 7 nitrogen and oxygen atoms in total. The highest BCUT2D eigenvalue weighted by atomic mass is 79.9. The zero-order chi connectivity index (χ0) is 21.0. The predicted molar refractivity (Wildman–Crippen MR) is 113 cm³/mol. The third-order valence-electron chi connectivity index (χ3n) is 4.71. The molecule has 8 heteroatoms. The fourth-order valence-corrected chi connectivity index (χ4v) is 3.75. The first-order chi connectivity index (χ1) is 13.9. The molecule has 0 aromatic heterocycles. The van der Waals surface area contributed by atoms with Crippen LogP contribution in [0.5, 0.6) is 0 Å². The molecule has 0 radical (unpaired) electrons. The fraction of sp³-hybridized carbons (Fsp3) is 0.286. The molecule has 29 heavy (non-hydrogen) atoms. The van der Waals surface area contributed by atoms with Gasteiger partial charge in [0.1, 0.15) is 0 Å². The molecule has 1 heterocycles. The van der Waals surface area contributed by atoms with Crippen LogP contribution in [0.15, 0.2) is 53.0 Å². The minimum absolute atomic E-state index is 0.265. The van der Waals surface area contributed by atoms with Gasteiger partial charge in [0.15, 0.2) is 6.17 Å². The quantitative estimate of drug-likeness (QED) is 0.713. The van der Waals surface area contributed by atoms with E-state index < -0.39 is 12.1 Å². The molecule has 3 rings (SSSR count). The number of nitrogens with one attached hydrogen (secondary N) is 1. The average molecular weight is 459 g/mol. The van der Waals surface area contributed by atoms with E-state index in [2.05, 4.69) is 21.2 Å². The Labute approximate surface area is 178 Å². The monoisotopic (exact) mass is 458 g/mol. The van der Waals surface area contributed by atoms with Crippen LogP contribution in [-0.4, -0.2) is 59.9 Å². The van der Waals surface area contributed by atoms with Crippen molar-refractivity contribution in [3.05, 3.63) is 69.7 Å². The first-order valence-corrected chi connectivity index (χ1v) is 10.1. The number of nitrogens with zero attached hydrogens (tertiary/aromatic N) is 2. The summed E-state index contributed by atoms with van der Waals surface area (Å²) in [6, 6.07) is 14.1. The van der Waals surface area contributed by atoms with Gasteiger partial charge >= 0.3 is 0 Å². The molecule has 1 atom stereocenters. The van der Waals surface area contributed by atoms with Gasteiger partial charge in [-0.25, -0.2) is 0 Å². The van der Waals surface area contributed by atoms with Gasteiger partial charge in [0.25, 0.3) is 17.7 Å². The lowest BCUT2D eigenvalue weighted by atomic mass is 10.1. The van der Waals surface area contributed by atoms with Gasteiger partial charge in [-0.2, -0.15) is 0 Å². The number of hydrogen-bond donors (Lipinski definition) is 2. The molecule has 1 saturated heterocycles. The number of nitrogens with two attached hydrogens (primary N) is 1. The van der Waals surface area contributed by atoms with E-state index in [1.807, 2.05) is 19.1 Å². The van der Waals surface area contributed by atoms with Gasteiger partial charge in [0, 0.05) is 41.8 Å². The fourth-order valence-electron chi connectivity index (χ4n) is 3.35. The topological polar surface area (TPSA) is 95.7 Å². The highest BCUT2D eigenvalue weighted by molar-refractivity contribution is 9.10. The third kappa shape index (κ3) is 4.65. The van der Waals surface area contributed by atoms with Crippen LogP contribution in [0.1, 0.15) is 26.3 Å². The SMILES string of the molecule is Cc1cccc(C(=O)N2CCN(C(=O)c3cccc(Br)c3)C2C(=O)NCCN)c1. The number of benzene rings is 2. The van der Waals surface area contributed by atoms with Gasteiger partial charge in [0.2, 0.25) is 0 Å². The van der Waals surface area contributed by atoms with Gasteiger partial charge in [-0.05, 0) is 37.3 Å². The van der Waals surface area contributed by atoms with Crippen molar-refractivity contribution < 1.29 is 14.4 Å². The predicted octanol–water partition coefficient (Wildman–Crippen LogP) is 1.76. The Morgan fingerprint density at radius 1 is 1.03 bits per heavy atom. The highest BCUT2D eigenvalue weighted by Gasteiger charge is 2.43. The first kappa shape index (κ1) is 21.0. The molecule has 152 valence electrons. The number of aryl methyl sites for hydroxylation is 1. The highest BCUT2D eigenvalue weighted by Crippen LogP contribution is 2.22. The van der Waals surface area contributed by atoms with Gasteiger partial charge in [-0.15, -0.1) is 0 Å². The van der Waals surface area contributed by atoms with E-state index in [4.69, 9.17) is 5.73 Å². The van der Waals surface area contributed by atoms with Crippen LogP contribution >= 0.6 is 15.9 Å². The maximum absolute atomic E-state index is 13.1. The summed E-state index contributed by atoms with van der Waals surface area (Å²) in [5.41, 5.74) is 7.37. The van der Waals surface area contributed by atoms with Crippen LogP contribution in [0.4, 0.5) is 0 Å². The summed E-state index contributed by atoms with van der Waals surface area (Å²) in [6.07, 6.45) is -1.03. The Morgan fingerprint density at radius 2 is 1.62 bits per heavy atom. The van der Waals surface area contributed by atoms with Crippen molar-refractivity contribution >= 4 is 33.7 Å². The lowest BCUT2D eigenvalue weighted by Gasteiger charge is -2.29. The number of carbonyl (C=O) groups excluding carboxylic acids is 3. The molecule has 0 spiro atoms. The molecule has 1 fully saturated rings. The molecule has 1 aliphatic heterocycles. The second-order valence-corrected chi connectivity index (χ2v) is 7.75. The van der Waals surface area contributed by atoms with Crippen molar-refractivity contribution in [1.82, 2.24) is 15.1 Å². The number of rotatable bonds is 5. The minimum atomic E-state index is -1.03. The molecule has 2 aromatic carbocycles. The lowest BCUT2D eigenvalue weighted by Crippen LogP contribution is -2.54. The molecule has 0 aliphatic carbocycles. The Balaban J connectivity index is 1.91. The van der Waals surface area contributed by atoms with E-state index in [1.54, 1.807) is 36.4 Å². The molecule has 1 aliphatic rings. The van der Waals surface area contributed by atoms with E-state index in [-0.39, 0.29) is 38.0 Å². The molecular weight excluding hydrogens is 436 g/mol. The Kier molecular flexibility index (Phi) is 6.66. The van der Waals surface area contributed by atoms with Crippen LogP contribution in [0.2, 0.25) is 0 Å². The van der Waals surface area contributed by atoms with Gasteiger partial charge in [0.05, 0.1) is 0 Å². The van der Waals surface area contributed by atoms with Crippen molar-refractivity contribution in [2.75, 3.05) is 26.2 Å². The van der Waals surface area contributed by atoms with Crippen molar-refractivity contribution in [3.63, 3.8) is 0 Å². The molecule has 1 unspecified atom stereocenters. The van der Waals surface area contributed by atoms with E-state index >= 15 is 0 Å². The molecule has 0 bridgehead atoms. The second-order valence-electron chi connectivity index (χ2n) is 6.83. The zero-order valence-corrected chi connectivity index (χ0v) is 17.7. The van der Waals surface area contributed by atoms with E-state index in [9.17, 15) is 14.4 Å². The number of halogens is 1. The smallest absolute Gasteiger partial charge is 0.263 e. The molecular formula is C21H23BrN4O3. The summed E-state index contributed by atoms with van der Waals surface area (Å²) in [4.78, 5) is 42.0. The van der Waals surface area contributed by atoms with Crippen molar-refractivity contribution in [2.45, 2.75) is 13.1 Å². The van der Waals surface area contributed by atoms with Crippen molar-refractivity contribution in [3.8, 4) is 0 Å². The van der Waals surface area contributed by atoms with Gasteiger partial charge < -0.3 is 20.9 Å². The van der Waals surface area contributed by atoms with E-state index in [0.29, 0.717) is 11.1 Å². The lowest BCUT2D eigenvalue weighted by molar-refractivity contribution is -0.128. The Morgan fingerprint density at radius 3 is 2.17 bits per heavy atom. The van der Waals surface area contributed by atoms with E-state index in [0.717, 1.165) is 10.0 Å². The first-order valence-electron chi connectivity index (χ1n) is 9.34. The number of amides is 3. The second kappa shape index (κ2) is 9.19. The van der Waals surface area contributed by atoms with E-state index in [1.165, 1.54) is 9.80 Å². The Hall–Kier alpha value is -2.71. The summed E-state index contributed by atoms with van der Waals surface area (Å²) >= 11 is 3.36. The van der Waals surface area contributed by atoms with Crippen LogP contribution in [-0.2, 0) is 4.79 Å². The number of carbonyl (C=O) groups is 3. The average Bonchev–Trinajstić information content (AvgIpc) is 3.16. The van der Waals surface area contributed by atoms with Crippen LogP contribution < -0.4 is 11.1 Å². The number of hydrogen-bond acceptors (Lipinski definition) is 4. The third-order valence-corrected chi connectivity index (χ3v) is 5.20. The summed E-state index contributed by atoms with van der Waals surface area (Å²) in [5, 5.41) is 2.71. The molecule has 3 amide bonds. The minimum Gasteiger partial charge on any atom is -0.351 e. The summed E-state index contributed by atoms with van der Waals surface area (Å²) < 4.78 is 0.763. The molecule has 2 aromatic rings. The van der Waals surface area contributed by atoms with Crippen LogP contribution in [0, 0.1) is 6.92 Å². The van der Waals surface area contributed by atoms with Crippen molar-refractivity contribution in [1.29, 1.82) is 0 Å². The summed E-state index contributed by atoms with van der Waals surface area (Å²) in [5.74, 6) is -1.01. The normalized spacial score (nSPS) is 16.0. The molecule has 3 N–H and O–H groups in total. The largest absolute Gasteiger partial charge is 0.351 e.